The average molecular weight is 924 g/mol. The van der Waals surface area contributed by atoms with Crippen LogP contribution < -0.4 is 33.7 Å². The second-order valence-electron chi connectivity index (χ2n) is 15.6. The fourth-order valence-electron chi connectivity index (χ4n) is 6.01. The highest BCUT2D eigenvalue weighted by Gasteiger charge is 2.39. The number of aliphatic hydroxyl groups excluding tert-OH is 2. The lowest BCUT2D eigenvalue weighted by Crippen LogP contribution is -3.00. The summed E-state index contributed by atoms with van der Waals surface area (Å²) in [5, 5.41) is 31.9. The van der Waals surface area contributed by atoms with Crippen molar-refractivity contribution in [1.82, 2.24) is 40.9 Å². The van der Waals surface area contributed by atoms with Gasteiger partial charge in [0, 0.05) is 97.1 Å². The molecule has 2 aliphatic rings. The SMILES string of the molecule is CCCNCCN(CCN(C)CC(O)CCl)C(=O)CC.CCCNCCN(CCNC)C(=O)CC.CCCNCCN(CC[N+]1(C)CC(O)C1)C(=O)CC.ClCC1CO1.[Cl-]. The molecule has 18 heteroatoms. The monoisotopic (exact) mass is 922 g/mol. The molecule has 60 heavy (non-hydrogen) atoms. The van der Waals surface area contributed by atoms with Crippen molar-refractivity contribution in [3.05, 3.63) is 0 Å². The normalized spacial score (nSPS) is 17.9. The van der Waals surface area contributed by atoms with Gasteiger partial charge in [-0.25, -0.2) is 0 Å². The molecule has 0 spiro atoms. The lowest BCUT2D eigenvalue weighted by Gasteiger charge is -2.46. The number of likely N-dealkylation sites (tertiary alicyclic amines) is 1. The van der Waals surface area contributed by atoms with E-state index in [1.165, 1.54) is 0 Å². The Balaban J connectivity index is -0.000000764. The van der Waals surface area contributed by atoms with Crippen molar-refractivity contribution in [1.29, 1.82) is 0 Å². The first-order chi connectivity index (χ1) is 28.2. The first-order valence-electron chi connectivity index (χ1n) is 22.5. The highest BCUT2D eigenvalue weighted by molar-refractivity contribution is 6.18. The number of hydrogen-bond donors (Lipinski definition) is 6. The standard InChI is InChI=1S/C14H30ClN3O2.C14H30N3O2.C11H25N3O.C3H5ClO.ClH/c1-4-6-16-7-8-18(14(20)5-2)10-9-17(3)12-13(19)11-15;1-4-6-15-7-8-16(14(19)5-2)9-10-17(3)11-13(18)12-17;1-4-6-13-8-10-14(9-7-12-3)11(15)5-2;4-1-3-2-5-3;/h13,16,19H,4-12H2,1-3H3;13,15,18H,4-12H2,1-3H3;12-13H,4-10H2,1-3H3;3H,1-2H2;1H/q;+1;;;/p-1. The quantitative estimate of drug-likeness (QED) is 0.0216. The number of carbonyl (C=O) groups excluding carboxylic acids is 3. The molecule has 2 unspecified atom stereocenters. The summed E-state index contributed by atoms with van der Waals surface area (Å²) in [6, 6.07) is 0. The fourth-order valence-corrected chi connectivity index (χ4v) is 6.28. The number of alkyl halides is 2. The van der Waals surface area contributed by atoms with Gasteiger partial charge in [0.25, 0.3) is 0 Å². The molecule has 2 fully saturated rings. The number of amides is 3. The molecule has 2 heterocycles. The Labute approximate surface area is 382 Å². The minimum atomic E-state index is -0.511. The largest absolute Gasteiger partial charge is 1.00 e. The van der Waals surface area contributed by atoms with E-state index in [0.717, 1.165) is 135 Å². The molecular weight excluding hydrogens is 833 g/mol. The van der Waals surface area contributed by atoms with Gasteiger partial charge < -0.3 is 72.7 Å². The summed E-state index contributed by atoms with van der Waals surface area (Å²) in [6.07, 6.45) is 4.79. The predicted octanol–water partition coefficient (Wildman–Crippen LogP) is -1.13. The Bertz CT molecular complexity index is 1020. The molecule has 3 amide bonds. The molecule has 360 valence electrons. The number of halogens is 3. The molecular formula is C42H90Cl3N9O6. The number of rotatable bonds is 31. The number of nitrogens with one attached hydrogen (secondary N) is 4. The van der Waals surface area contributed by atoms with Crippen molar-refractivity contribution in [3.63, 3.8) is 0 Å². The van der Waals surface area contributed by atoms with Crippen LogP contribution in [0.3, 0.4) is 0 Å². The van der Waals surface area contributed by atoms with E-state index in [9.17, 15) is 24.6 Å². The maximum Gasteiger partial charge on any atom is 0.222 e. The first-order valence-corrected chi connectivity index (χ1v) is 23.5. The van der Waals surface area contributed by atoms with Crippen LogP contribution in [0.2, 0.25) is 0 Å². The summed E-state index contributed by atoms with van der Waals surface area (Å²) in [7, 11) is 5.99. The van der Waals surface area contributed by atoms with Gasteiger partial charge in [0.15, 0.2) is 6.10 Å². The summed E-state index contributed by atoms with van der Waals surface area (Å²) in [5.74, 6) is 1.55. The summed E-state index contributed by atoms with van der Waals surface area (Å²) in [6.45, 7) is 27.9. The number of nitrogens with zero attached hydrogens (tertiary/aromatic N) is 5. The van der Waals surface area contributed by atoms with Crippen molar-refractivity contribution >= 4 is 40.9 Å². The zero-order valence-corrected chi connectivity index (χ0v) is 41.5. The van der Waals surface area contributed by atoms with E-state index in [4.69, 9.17) is 27.9 Å². The summed E-state index contributed by atoms with van der Waals surface area (Å²) in [5.41, 5.74) is 0. The van der Waals surface area contributed by atoms with Crippen LogP contribution in [-0.2, 0) is 19.1 Å². The van der Waals surface area contributed by atoms with Gasteiger partial charge in [-0.1, -0.05) is 41.5 Å². The molecule has 6 N–H and O–H groups in total. The van der Waals surface area contributed by atoms with Gasteiger partial charge in [-0.2, -0.15) is 0 Å². The zero-order valence-electron chi connectivity index (χ0n) is 39.2. The first kappa shape index (κ1) is 63.2. The van der Waals surface area contributed by atoms with E-state index in [-0.39, 0.29) is 42.1 Å². The van der Waals surface area contributed by atoms with E-state index in [0.29, 0.717) is 44.3 Å². The predicted molar refractivity (Wildman–Crippen MR) is 245 cm³/mol. The Morgan fingerprint density at radius 2 is 1.10 bits per heavy atom. The molecule has 0 aliphatic carbocycles. The van der Waals surface area contributed by atoms with Gasteiger partial charge in [0.05, 0.1) is 44.8 Å². The van der Waals surface area contributed by atoms with E-state index < -0.39 is 6.10 Å². The third kappa shape index (κ3) is 35.4. The van der Waals surface area contributed by atoms with Crippen LogP contribution in [0.1, 0.15) is 80.1 Å². The van der Waals surface area contributed by atoms with Crippen molar-refractivity contribution in [2.45, 2.75) is 98.4 Å². The Hall–Kier alpha value is -1.08. The van der Waals surface area contributed by atoms with E-state index in [1.54, 1.807) is 0 Å². The Morgan fingerprint density at radius 3 is 1.42 bits per heavy atom. The second-order valence-corrected chi connectivity index (χ2v) is 16.2. The average Bonchev–Trinajstić information content (AvgIpc) is 4.07. The van der Waals surface area contributed by atoms with Crippen LogP contribution in [0.25, 0.3) is 0 Å². The maximum atomic E-state index is 11.9. The zero-order chi connectivity index (χ0) is 44.9. The number of ether oxygens (including phenoxy) is 1. The van der Waals surface area contributed by atoms with Crippen LogP contribution in [0.4, 0.5) is 0 Å². The summed E-state index contributed by atoms with van der Waals surface area (Å²) in [4.78, 5) is 43.1. The lowest BCUT2D eigenvalue weighted by atomic mass is 10.1. The molecule has 0 aromatic rings. The van der Waals surface area contributed by atoms with Gasteiger partial charge in [-0.3, -0.25) is 14.4 Å². The molecule has 15 nitrogen and oxygen atoms in total. The van der Waals surface area contributed by atoms with Crippen molar-refractivity contribution in [2.24, 2.45) is 0 Å². The minimum Gasteiger partial charge on any atom is -1.00 e. The topological polar surface area (TPSA) is 165 Å². The smallest absolute Gasteiger partial charge is 0.222 e. The summed E-state index contributed by atoms with van der Waals surface area (Å²) >= 11 is 10.9. The van der Waals surface area contributed by atoms with Crippen LogP contribution in [0.15, 0.2) is 0 Å². The maximum absolute atomic E-state index is 11.9. The van der Waals surface area contributed by atoms with Crippen LogP contribution in [0, 0.1) is 0 Å². The summed E-state index contributed by atoms with van der Waals surface area (Å²) < 4.78 is 5.61. The third-order valence-electron chi connectivity index (χ3n) is 9.79. The van der Waals surface area contributed by atoms with Crippen LogP contribution >= 0.6 is 23.2 Å². The highest BCUT2D eigenvalue weighted by Crippen LogP contribution is 2.17. The van der Waals surface area contributed by atoms with Gasteiger partial charge >= 0.3 is 0 Å². The third-order valence-corrected chi connectivity index (χ3v) is 10.5. The molecule has 2 aliphatic heterocycles. The fraction of sp³-hybridized carbons (Fsp3) is 0.929. The number of carbonyl (C=O) groups is 3. The van der Waals surface area contributed by atoms with Gasteiger partial charge in [-0.15, -0.1) is 23.2 Å². The van der Waals surface area contributed by atoms with Gasteiger partial charge in [-0.05, 0) is 53.0 Å². The molecule has 0 aromatic heterocycles. The lowest BCUT2D eigenvalue weighted by molar-refractivity contribution is -0.954. The molecule has 0 aromatic carbocycles. The van der Waals surface area contributed by atoms with Gasteiger partial charge in [0.1, 0.15) is 13.1 Å². The minimum absolute atomic E-state index is 0. The van der Waals surface area contributed by atoms with Crippen molar-refractivity contribution < 1.29 is 46.2 Å². The van der Waals surface area contributed by atoms with Crippen molar-refractivity contribution in [3.8, 4) is 0 Å². The number of likely N-dealkylation sites (N-methyl/N-ethyl adjacent to an activating group) is 3. The van der Waals surface area contributed by atoms with Crippen LogP contribution in [0.5, 0.6) is 0 Å². The van der Waals surface area contributed by atoms with Gasteiger partial charge in [0.2, 0.25) is 17.7 Å². The number of hydrogen-bond acceptors (Lipinski definition) is 11. The Kier molecular flexibility index (Phi) is 44.1. The molecule has 0 saturated carbocycles. The number of aliphatic hydroxyl groups is 2. The van der Waals surface area contributed by atoms with Crippen LogP contribution in [-0.4, -0.2) is 228 Å². The Morgan fingerprint density at radius 1 is 0.700 bits per heavy atom. The highest BCUT2D eigenvalue weighted by atomic mass is 35.5. The molecule has 0 radical (unpaired) electrons. The van der Waals surface area contributed by atoms with E-state index in [2.05, 4.69) is 49.1 Å². The second kappa shape index (κ2) is 41.9. The molecule has 2 saturated heterocycles. The number of epoxide rings is 1. The van der Waals surface area contributed by atoms with E-state index >= 15 is 0 Å². The van der Waals surface area contributed by atoms with E-state index in [1.807, 2.05) is 54.5 Å². The number of quaternary nitrogens is 1. The molecule has 2 atom stereocenters. The van der Waals surface area contributed by atoms with Crippen molar-refractivity contribution in [2.75, 3.05) is 157 Å². The molecule has 0 bridgehead atoms. The molecule has 2 rings (SSSR count).